The first kappa shape index (κ1) is 19.8. The van der Waals surface area contributed by atoms with E-state index in [9.17, 15) is 18.0 Å². The molecule has 1 aliphatic heterocycles. The van der Waals surface area contributed by atoms with Crippen LogP contribution in [0.5, 0.6) is 0 Å². The summed E-state index contributed by atoms with van der Waals surface area (Å²) in [5, 5.41) is 11.4. The number of carbonyl (C=O) groups is 2. The highest BCUT2D eigenvalue weighted by Crippen LogP contribution is 2.40. The molecule has 2 unspecified atom stereocenters. The molecule has 3 aromatic rings. The van der Waals surface area contributed by atoms with Crippen molar-refractivity contribution in [2.45, 2.75) is 36.1 Å². The number of furan rings is 1. The monoisotopic (exact) mass is 439 g/mol. The van der Waals surface area contributed by atoms with Gasteiger partial charge in [0.05, 0.1) is 4.90 Å². The van der Waals surface area contributed by atoms with E-state index in [0.29, 0.717) is 37.0 Å². The first-order chi connectivity index (χ1) is 14.7. The Hall–Kier alpha value is -3.17. The lowest BCUT2D eigenvalue weighted by molar-refractivity contribution is -0.123. The number of urea groups is 1. The van der Waals surface area contributed by atoms with Gasteiger partial charge in [0.2, 0.25) is 10.0 Å². The first-order valence-corrected chi connectivity index (χ1v) is 11.6. The van der Waals surface area contributed by atoms with Crippen molar-refractivity contribution in [3.8, 4) is 11.3 Å². The summed E-state index contributed by atoms with van der Waals surface area (Å²) in [5.41, 5.74) is 1.17. The maximum atomic E-state index is 12.2. The molecule has 160 valence electrons. The van der Waals surface area contributed by atoms with Crippen molar-refractivity contribution in [1.82, 2.24) is 10.6 Å². The maximum absolute atomic E-state index is 12.2. The van der Waals surface area contributed by atoms with E-state index < -0.39 is 21.6 Å². The molecule has 3 amide bonds. The Bertz CT molecular complexity index is 1300. The molecule has 2 heterocycles. The molecule has 8 nitrogen and oxygen atoms in total. The van der Waals surface area contributed by atoms with Gasteiger partial charge in [-0.1, -0.05) is 18.2 Å². The molecule has 1 saturated heterocycles. The normalized spacial score (nSPS) is 23.5. The summed E-state index contributed by atoms with van der Waals surface area (Å²) in [6, 6.07) is 14.0. The number of benzene rings is 2. The average molecular weight is 439 g/mol. The van der Waals surface area contributed by atoms with Gasteiger partial charge >= 0.3 is 6.03 Å². The van der Waals surface area contributed by atoms with Crippen molar-refractivity contribution in [2.24, 2.45) is 11.1 Å². The van der Waals surface area contributed by atoms with E-state index >= 15 is 0 Å². The van der Waals surface area contributed by atoms with Crippen LogP contribution < -0.4 is 15.8 Å². The van der Waals surface area contributed by atoms with E-state index in [0.717, 1.165) is 16.5 Å². The number of amides is 3. The van der Waals surface area contributed by atoms with Crippen LogP contribution in [0.15, 0.2) is 57.8 Å². The average Bonchev–Trinajstić information content (AvgIpc) is 3.38. The summed E-state index contributed by atoms with van der Waals surface area (Å²) >= 11 is 0. The molecule has 1 aliphatic carbocycles. The highest BCUT2D eigenvalue weighted by molar-refractivity contribution is 7.89. The molecule has 2 atom stereocenters. The molecular weight excluding hydrogens is 418 g/mol. The zero-order valence-electron chi connectivity index (χ0n) is 16.6. The van der Waals surface area contributed by atoms with Crippen LogP contribution in [0.2, 0.25) is 0 Å². The third-order valence-corrected chi connectivity index (χ3v) is 7.23. The van der Waals surface area contributed by atoms with Crippen LogP contribution in [0.25, 0.3) is 22.3 Å². The second-order valence-electron chi connectivity index (χ2n) is 8.32. The van der Waals surface area contributed by atoms with Gasteiger partial charge in [-0.2, -0.15) is 0 Å². The highest BCUT2D eigenvalue weighted by atomic mass is 32.2. The lowest BCUT2D eigenvalue weighted by atomic mass is 9.92. The SMILES string of the molecule is NS(=O)(=O)c1ccc(-c2cc3ccccc3o2)cc1CC1CCC2(C1)NC(=O)NC2=O. The van der Waals surface area contributed by atoms with Gasteiger partial charge in [0.25, 0.3) is 5.91 Å². The number of nitrogens with one attached hydrogen (secondary N) is 2. The Morgan fingerprint density at radius 3 is 2.65 bits per heavy atom. The van der Waals surface area contributed by atoms with Crippen LogP contribution in [0.1, 0.15) is 24.8 Å². The smallest absolute Gasteiger partial charge is 0.322 e. The fourth-order valence-electron chi connectivity index (χ4n) is 4.77. The van der Waals surface area contributed by atoms with E-state index in [1.165, 1.54) is 6.07 Å². The van der Waals surface area contributed by atoms with Gasteiger partial charge in [-0.3, -0.25) is 10.1 Å². The topological polar surface area (TPSA) is 132 Å². The Morgan fingerprint density at radius 2 is 1.94 bits per heavy atom. The molecule has 1 saturated carbocycles. The van der Waals surface area contributed by atoms with Crippen molar-refractivity contribution >= 4 is 32.9 Å². The maximum Gasteiger partial charge on any atom is 0.322 e. The summed E-state index contributed by atoms with van der Waals surface area (Å²) in [6.45, 7) is 0. The van der Waals surface area contributed by atoms with Crippen molar-refractivity contribution < 1.29 is 22.4 Å². The van der Waals surface area contributed by atoms with Gasteiger partial charge in [0, 0.05) is 10.9 Å². The predicted octanol–water partition coefficient (Wildman–Crippen LogP) is 2.67. The summed E-state index contributed by atoms with van der Waals surface area (Å²) < 4.78 is 30.3. The van der Waals surface area contributed by atoms with Gasteiger partial charge < -0.3 is 9.73 Å². The lowest BCUT2D eigenvalue weighted by Gasteiger charge is -2.20. The molecule has 2 aliphatic rings. The highest BCUT2D eigenvalue weighted by Gasteiger charge is 2.50. The zero-order chi connectivity index (χ0) is 21.8. The first-order valence-electron chi connectivity index (χ1n) is 10.0. The number of nitrogens with two attached hydrogens (primary N) is 1. The quantitative estimate of drug-likeness (QED) is 0.538. The van der Waals surface area contributed by atoms with Gasteiger partial charge in [-0.25, -0.2) is 18.4 Å². The molecule has 1 spiro atoms. The molecule has 2 fully saturated rings. The number of primary sulfonamides is 1. The van der Waals surface area contributed by atoms with E-state index in [4.69, 9.17) is 9.56 Å². The van der Waals surface area contributed by atoms with Crippen LogP contribution >= 0.6 is 0 Å². The second kappa shape index (κ2) is 6.93. The van der Waals surface area contributed by atoms with Crippen LogP contribution in [-0.2, 0) is 21.2 Å². The molecule has 0 radical (unpaired) electrons. The third kappa shape index (κ3) is 3.49. The summed E-state index contributed by atoms with van der Waals surface area (Å²) in [4.78, 5) is 23.9. The lowest BCUT2D eigenvalue weighted by Crippen LogP contribution is -2.44. The van der Waals surface area contributed by atoms with E-state index in [1.54, 1.807) is 12.1 Å². The molecule has 2 aromatic carbocycles. The molecular formula is C22H21N3O5S. The van der Waals surface area contributed by atoms with Crippen LogP contribution in [-0.4, -0.2) is 25.9 Å². The molecule has 9 heteroatoms. The Morgan fingerprint density at radius 1 is 1.13 bits per heavy atom. The van der Waals surface area contributed by atoms with Gasteiger partial charge in [-0.15, -0.1) is 0 Å². The van der Waals surface area contributed by atoms with Crippen molar-refractivity contribution in [1.29, 1.82) is 0 Å². The number of sulfonamides is 1. The number of rotatable bonds is 4. The minimum Gasteiger partial charge on any atom is -0.456 e. The van der Waals surface area contributed by atoms with Crippen LogP contribution in [0, 0.1) is 5.92 Å². The molecule has 5 rings (SSSR count). The third-order valence-electron chi connectivity index (χ3n) is 6.22. The van der Waals surface area contributed by atoms with Crippen LogP contribution in [0.3, 0.4) is 0 Å². The van der Waals surface area contributed by atoms with Gasteiger partial charge in [0.1, 0.15) is 16.9 Å². The Labute approximate surface area is 178 Å². The molecule has 4 N–H and O–H groups in total. The number of hydrogen-bond acceptors (Lipinski definition) is 5. The minimum absolute atomic E-state index is 0.0237. The summed E-state index contributed by atoms with van der Waals surface area (Å²) in [5.74, 6) is 0.340. The summed E-state index contributed by atoms with van der Waals surface area (Å²) in [6.07, 6.45) is 2.07. The fraction of sp³-hybridized carbons (Fsp3) is 0.273. The van der Waals surface area contributed by atoms with E-state index in [-0.39, 0.29) is 16.7 Å². The molecule has 1 aromatic heterocycles. The Kier molecular flexibility index (Phi) is 4.42. The number of hydrogen-bond donors (Lipinski definition) is 3. The van der Waals surface area contributed by atoms with Crippen molar-refractivity contribution in [3.05, 3.63) is 54.1 Å². The number of para-hydroxylation sites is 1. The summed E-state index contributed by atoms with van der Waals surface area (Å²) in [7, 11) is -3.93. The number of imide groups is 1. The standard InChI is InChI=1S/C22H21N3O5S/c23-31(28,29)19-6-5-15(18-11-14-3-1-2-4-17(14)30-18)10-16(19)9-13-7-8-22(12-13)20(26)24-21(27)25-22/h1-6,10-11,13H,7-9,12H2,(H2,23,28,29)(H2,24,25,26,27). The van der Waals surface area contributed by atoms with E-state index in [2.05, 4.69) is 10.6 Å². The van der Waals surface area contributed by atoms with Crippen LogP contribution in [0.4, 0.5) is 4.79 Å². The Balaban J connectivity index is 1.49. The molecule has 31 heavy (non-hydrogen) atoms. The van der Waals surface area contributed by atoms with E-state index in [1.807, 2.05) is 30.3 Å². The molecule has 0 bridgehead atoms. The van der Waals surface area contributed by atoms with Crippen molar-refractivity contribution in [3.63, 3.8) is 0 Å². The minimum atomic E-state index is -3.93. The second-order valence-corrected chi connectivity index (χ2v) is 9.85. The predicted molar refractivity (Wildman–Crippen MR) is 113 cm³/mol. The van der Waals surface area contributed by atoms with Gasteiger partial charge in [-0.05, 0) is 67.5 Å². The number of fused-ring (bicyclic) bond motifs is 1. The van der Waals surface area contributed by atoms with Crippen molar-refractivity contribution in [2.75, 3.05) is 0 Å². The largest absolute Gasteiger partial charge is 0.456 e. The van der Waals surface area contributed by atoms with Gasteiger partial charge in [0.15, 0.2) is 0 Å². The fourth-order valence-corrected chi connectivity index (χ4v) is 5.54. The number of carbonyl (C=O) groups excluding carboxylic acids is 2. The zero-order valence-corrected chi connectivity index (χ0v) is 17.4.